The van der Waals surface area contributed by atoms with Gasteiger partial charge in [-0.15, -0.1) is 0 Å². The lowest BCUT2D eigenvalue weighted by atomic mass is 9.32. The Hall–Kier alpha value is -2.64. The summed E-state index contributed by atoms with van der Waals surface area (Å²) in [6.07, 6.45) is 15.2. The fourth-order valence-corrected chi connectivity index (χ4v) is 13.7. The molecule has 9 aliphatic rings. The maximum absolute atomic E-state index is 14.9. The summed E-state index contributed by atoms with van der Waals surface area (Å²) in [5, 5.41) is 24.1. The summed E-state index contributed by atoms with van der Waals surface area (Å²) in [4.78, 5) is 30.4. The van der Waals surface area contributed by atoms with Crippen LogP contribution in [0.2, 0.25) is 0 Å². The van der Waals surface area contributed by atoms with Gasteiger partial charge in [-0.25, -0.2) is 4.79 Å². The zero-order chi connectivity index (χ0) is 35.5. The first-order chi connectivity index (χ1) is 23.7. The summed E-state index contributed by atoms with van der Waals surface area (Å²) in [6.45, 7) is 12.5. The van der Waals surface area contributed by atoms with Gasteiger partial charge in [0.25, 0.3) is 0 Å². The van der Waals surface area contributed by atoms with Gasteiger partial charge < -0.3 is 24.6 Å². The van der Waals surface area contributed by atoms with Crippen molar-refractivity contribution in [3.05, 3.63) is 53.6 Å². The number of fused-ring (bicyclic) bond motifs is 3. The third kappa shape index (κ3) is 4.47. The van der Waals surface area contributed by atoms with Crippen molar-refractivity contribution in [3.63, 3.8) is 0 Å². The number of allylic oxidation sites excluding steroid dienone is 4. The molecule has 10 rings (SSSR count). The van der Waals surface area contributed by atoms with E-state index in [0.717, 1.165) is 50.0 Å². The Morgan fingerprint density at radius 2 is 1.62 bits per heavy atom. The number of carbonyl (C=O) groups excluding carboxylic acids is 2. The number of aliphatic hydroxyl groups is 2. The standard InChI is InChI=1S/C43H59NO6/c1-7-50-37(47)44(25-28-8-11-29-22-32(28)38(29,2)3)26-42(48)19-16-35-40(42,5)18-15-34-39(4)17-14-30(45)23-41(39)20-21-43(34,35)33(24-41)36(46)27-9-12-31(49-6)13-10-27/h9-10,12-13,20-21,24,28-30,32,34-35,45,48H,7-8,11,14-19,22-23,25-26H2,1-6H3/t28-,29-,30?,32-,34+,35+,39+,40-,41-,42+,43+/m0/s1. The molecule has 2 spiro atoms. The van der Waals surface area contributed by atoms with E-state index in [1.165, 1.54) is 12.8 Å². The first kappa shape index (κ1) is 34.4. The summed E-state index contributed by atoms with van der Waals surface area (Å²) in [5.74, 6) is 2.77. The highest BCUT2D eigenvalue weighted by molar-refractivity contribution is 6.10. The Labute approximate surface area is 298 Å². The molecule has 0 heterocycles. The van der Waals surface area contributed by atoms with E-state index < -0.39 is 22.5 Å². The third-order valence-electron chi connectivity index (χ3n) is 16.7. The van der Waals surface area contributed by atoms with Gasteiger partial charge in [0.1, 0.15) is 5.75 Å². The first-order valence-corrected chi connectivity index (χ1v) is 19.6. The summed E-state index contributed by atoms with van der Waals surface area (Å²) in [6, 6.07) is 7.45. The molecule has 0 saturated heterocycles. The number of carbonyl (C=O) groups is 2. The van der Waals surface area contributed by atoms with Crippen LogP contribution in [0.15, 0.2) is 48.1 Å². The SMILES string of the molecule is CCOC(=O)N(C[C@@H]1CC[C@H]2C[C@@H]1C2(C)C)C[C@]1(O)CC[C@H]2[C@]34C=C[C@@]5(C=C3C(=O)c3ccc(OC)cc3)CC(O)CC[C@]5(C)[C@H]4CC[C@@]21C. The van der Waals surface area contributed by atoms with Crippen molar-refractivity contribution in [3.8, 4) is 5.75 Å². The van der Waals surface area contributed by atoms with E-state index in [4.69, 9.17) is 9.47 Å². The van der Waals surface area contributed by atoms with Gasteiger partial charge >= 0.3 is 6.09 Å². The Kier molecular flexibility index (Phi) is 7.87. The van der Waals surface area contributed by atoms with Crippen molar-refractivity contribution in [2.75, 3.05) is 26.8 Å². The monoisotopic (exact) mass is 685 g/mol. The molecule has 6 fully saturated rings. The molecular weight excluding hydrogens is 626 g/mol. The Morgan fingerprint density at radius 1 is 0.920 bits per heavy atom. The van der Waals surface area contributed by atoms with E-state index in [2.05, 4.69) is 45.9 Å². The van der Waals surface area contributed by atoms with Crippen LogP contribution in [0.25, 0.3) is 0 Å². The van der Waals surface area contributed by atoms with Crippen LogP contribution in [0.5, 0.6) is 5.75 Å². The van der Waals surface area contributed by atoms with E-state index >= 15 is 0 Å². The van der Waals surface area contributed by atoms with Crippen molar-refractivity contribution in [2.45, 2.75) is 111 Å². The largest absolute Gasteiger partial charge is 0.497 e. The molecule has 9 aliphatic carbocycles. The molecule has 0 radical (unpaired) electrons. The molecule has 1 amide bonds. The maximum Gasteiger partial charge on any atom is 0.409 e. The summed E-state index contributed by atoms with van der Waals surface area (Å²) >= 11 is 0. The minimum atomic E-state index is -1.12. The van der Waals surface area contributed by atoms with Gasteiger partial charge in [0, 0.05) is 33.9 Å². The number of ether oxygens (including phenoxy) is 2. The predicted molar refractivity (Wildman–Crippen MR) is 193 cm³/mol. The smallest absolute Gasteiger partial charge is 0.409 e. The maximum atomic E-state index is 14.9. The summed E-state index contributed by atoms with van der Waals surface area (Å²) < 4.78 is 11.1. The first-order valence-electron chi connectivity index (χ1n) is 19.6. The molecule has 1 aromatic carbocycles. The molecule has 1 aromatic rings. The molecule has 7 heteroatoms. The van der Waals surface area contributed by atoms with E-state index in [9.17, 15) is 19.8 Å². The number of ketones is 1. The second-order valence-corrected chi connectivity index (χ2v) is 18.6. The molecule has 11 atom stereocenters. The van der Waals surface area contributed by atoms with Gasteiger partial charge in [0.15, 0.2) is 5.78 Å². The zero-order valence-electron chi connectivity index (χ0n) is 31.2. The molecule has 50 heavy (non-hydrogen) atoms. The van der Waals surface area contributed by atoms with Gasteiger partial charge in [-0.05, 0) is 136 Å². The van der Waals surface area contributed by atoms with Crippen LogP contribution in [-0.4, -0.2) is 65.5 Å². The lowest BCUT2D eigenvalue weighted by Crippen LogP contribution is -2.67. The number of hydrogen-bond acceptors (Lipinski definition) is 6. The molecule has 0 aliphatic heterocycles. The number of Topliss-reactive ketones (excluding diaryl/α,β-unsaturated/α-hetero) is 1. The minimum Gasteiger partial charge on any atom is -0.497 e. The van der Waals surface area contributed by atoms with Gasteiger partial charge in [-0.2, -0.15) is 0 Å². The van der Waals surface area contributed by atoms with Gasteiger partial charge in [-0.1, -0.05) is 45.9 Å². The normalized spacial score (nSPS) is 44.6. The van der Waals surface area contributed by atoms with Crippen LogP contribution >= 0.6 is 0 Å². The summed E-state index contributed by atoms with van der Waals surface area (Å²) in [7, 11) is 1.63. The van der Waals surface area contributed by atoms with Crippen LogP contribution in [0, 0.1) is 56.7 Å². The lowest BCUT2D eigenvalue weighted by Gasteiger charge is -2.71. The fraction of sp³-hybridized carbons (Fsp3) is 0.721. The van der Waals surface area contributed by atoms with E-state index in [-0.39, 0.29) is 41.1 Å². The molecule has 0 aromatic heterocycles. The third-order valence-corrected chi connectivity index (χ3v) is 16.7. The van der Waals surface area contributed by atoms with Crippen molar-refractivity contribution in [2.24, 2.45) is 56.7 Å². The molecule has 1 unspecified atom stereocenters. The summed E-state index contributed by atoms with van der Waals surface area (Å²) in [5.41, 5.74) is -0.880. The number of methoxy groups -OCH3 is 1. The average molecular weight is 686 g/mol. The highest BCUT2D eigenvalue weighted by Gasteiger charge is 2.74. The Morgan fingerprint density at radius 3 is 2.30 bits per heavy atom. The van der Waals surface area contributed by atoms with Crippen LogP contribution in [0.3, 0.4) is 0 Å². The van der Waals surface area contributed by atoms with E-state index in [1.807, 2.05) is 36.1 Å². The average Bonchev–Trinajstić information content (AvgIpc) is 3.37. The zero-order valence-corrected chi connectivity index (χ0v) is 31.2. The van der Waals surface area contributed by atoms with Crippen molar-refractivity contribution in [1.82, 2.24) is 4.90 Å². The van der Waals surface area contributed by atoms with Crippen LogP contribution < -0.4 is 4.74 Å². The van der Waals surface area contributed by atoms with Crippen molar-refractivity contribution >= 4 is 11.9 Å². The van der Waals surface area contributed by atoms with Crippen LogP contribution in [-0.2, 0) is 4.74 Å². The quantitative estimate of drug-likeness (QED) is 0.213. The number of benzene rings is 1. The highest BCUT2D eigenvalue weighted by atomic mass is 16.6. The fourth-order valence-electron chi connectivity index (χ4n) is 13.7. The second kappa shape index (κ2) is 11.4. The molecule has 6 saturated carbocycles. The van der Waals surface area contributed by atoms with Gasteiger partial charge in [0.2, 0.25) is 0 Å². The number of hydrogen-bond donors (Lipinski definition) is 2. The minimum absolute atomic E-state index is 0.0236. The number of nitrogens with zero attached hydrogens (tertiary/aromatic N) is 1. The van der Waals surface area contributed by atoms with E-state index in [1.54, 1.807) is 7.11 Å². The second-order valence-electron chi connectivity index (χ2n) is 18.6. The Bertz CT molecular complexity index is 1610. The molecule has 7 nitrogen and oxygen atoms in total. The number of rotatable bonds is 8. The van der Waals surface area contributed by atoms with Crippen LogP contribution in [0.1, 0.15) is 109 Å². The lowest BCUT2D eigenvalue weighted by molar-refractivity contribution is -0.176. The molecule has 2 N–H and O–H groups in total. The Balaban J connectivity index is 1.17. The predicted octanol–water partition coefficient (Wildman–Crippen LogP) is 8.00. The van der Waals surface area contributed by atoms with Crippen LogP contribution in [0.4, 0.5) is 4.79 Å². The number of aliphatic hydroxyl groups excluding tert-OH is 1. The number of amides is 1. The highest BCUT2D eigenvalue weighted by Crippen LogP contribution is 2.78. The molecule has 272 valence electrons. The van der Waals surface area contributed by atoms with Gasteiger partial charge in [-0.3, -0.25) is 4.79 Å². The molecule has 4 bridgehead atoms. The molecular formula is C43H59NO6. The van der Waals surface area contributed by atoms with Crippen molar-refractivity contribution in [1.29, 1.82) is 0 Å². The topological polar surface area (TPSA) is 96.3 Å². The van der Waals surface area contributed by atoms with E-state index in [0.29, 0.717) is 54.6 Å². The van der Waals surface area contributed by atoms with Gasteiger partial charge in [0.05, 0.1) is 32.0 Å². The van der Waals surface area contributed by atoms with Crippen molar-refractivity contribution < 1.29 is 29.3 Å².